The van der Waals surface area contributed by atoms with Gasteiger partial charge in [0.25, 0.3) is 0 Å². The molecule has 0 saturated heterocycles. The van der Waals surface area contributed by atoms with E-state index in [1.165, 1.54) is 0 Å². The van der Waals surface area contributed by atoms with Crippen molar-refractivity contribution in [1.29, 1.82) is 0 Å². The van der Waals surface area contributed by atoms with E-state index in [1.807, 2.05) is 13.8 Å². The Morgan fingerprint density at radius 3 is 2.61 bits per heavy atom. The van der Waals surface area contributed by atoms with Crippen molar-refractivity contribution < 1.29 is 18.0 Å². The first-order chi connectivity index (χ1) is 8.43. The van der Waals surface area contributed by atoms with Crippen LogP contribution in [-0.2, 0) is 4.79 Å². The van der Waals surface area contributed by atoms with E-state index in [4.69, 9.17) is 0 Å². The van der Waals surface area contributed by atoms with Crippen LogP contribution in [0.3, 0.4) is 0 Å². The summed E-state index contributed by atoms with van der Waals surface area (Å²) in [6.07, 6.45) is 0.830. The van der Waals surface area contributed by atoms with Gasteiger partial charge in [0.1, 0.15) is 5.82 Å². The number of anilines is 1. The zero-order chi connectivity index (χ0) is 13.7. The second-order valence-electron chi connectivity index (χ2n) is 3.99. The molecule has 6 heteroatoms. The van der Waals surface area contributed by atoms with Crippen LogP contribution >= 0.6 is 0 Å². The van der Waals surface area contributed by atoms with Crippen LogP contribution in [0.2, 0.25) is 0 Å². The molecule has 0 bridgehead atoms. The number of halogens is 3. The molecule has 0 aliphatic heterocycles. The third-order valence-electron chi connectivity index (χ3n) is 2.49. The molecule has 1 aromatic carbocycles. The minimum Gasteiger partial charge on any atom is -0.322 e. The lowest BCUT2D eigenvalue weighted by molar-refractivity contribution is -0.115. The summed E-state index contributed by atoms with van der Waals surface area (Å²) in [6, 6.07) is 1.28. The van der Waals surface area contributed by atoms with Crippen molar-refractivity contribution in [3.05, 3.63) is 29.6 Å². The SMILES string of the molecule is CCC(C)NCC(=O)Nc1cc(F)cc(F)c1F. The minimum absolute atomic E-state index is 0.0490. The van der Waals surface area contributed by atoms with Gasteiger partial charge in [0.05, 0.1) is 12.2 Å². The normalized spacial score (nSPS) is 12.3. The number of rotatable bonds is 5. The topological polar surface area (TPSA) is 41.1 Å². The Morgan fingerprint density at radius 1 is 1.33 bits per heavy atom. The number of carbonyl (C=O) groups is 1. The molecule has 0 spiro atoms. The van der Waals surface area contributed by atoms with Crippen LogP contribution < -0.4 is 10.6 Å². The van der Waals surface area contributed by atoms with Crippen LogP contribution in [0.4, 0.5) is 18.9 Å². The summed E-state index contributed by atoms with van der Waals surface area (Å²) < 4.78 is 39.0. The van der Waals surface area contributed by atoms with Gasteiger partial charge in [-0.25, -0.2) is 13.2 Å². The van der Waals surface area contributed by atoms with Crippen molar-refractivity contribution in [2.45, 2.75) is 26.3 Å². The Hall–Kier alpha value is -1.56. The van der Waals surface area contributed by atoms with Crippen LogP contribution in [-0.4, -0.2) is 18.5 Å². The van der Waals surface area contributed by atoms with Crippen molar-refractivity contribution in [2.24, 2.45) is 0 Å². The molecule has 18 heavy (non-hydrogen) atoms. The highest BCUT2D eigenvalue weighted by Crippen LogP contribution is 2.18. The number of hydrogen-bond donors (Lipinski definition) is 2. The van der Waals surface area contributed by atoms with Gasteiger partial charge in [0.2, 0.25) is 5.91 Å². The molecule has 0 aliphatic carbocycles. The fourth-order valence-electron chi connectivity index (χ4n) is 1.25. The zero-order valence-corrected chi connectivity index (χ0v) is 10.2. The average molecular weight is 260 g/mol. The Balaban J connectivity index is 2.65. The fraction of sp³-hybridized carbons (Fsp3) is 0.417. The standard InChI is InChI=1S/C12H15F3N2O/c1-3-7(2)16-6-11(18)17-10-5-8(13)4-9(14)12(10)15/h4-5,7,16H,3,6H2,1-2H3,(H,17,18). The monoisotopic (exact) mass is 260 g/mol. The predicted octanol–water partition coefficient (Wildman–Crippen LogP) is 2.43. The van der Waals surface area contributed by atoms with E-state index in [0.29, 0.717) is 6.07 Å². The van der Waals surface area contributed by atoms with Gasteiger partial charge >= 0.3 is 0 Å². The molecule has 1 rings (SSSR count). The first kappa shape index (κ1) is 14.5. The van der Waals surface area contributed by atoms with E-state index in [2.05, 4.69) is 10.6 Å². The van der Waals surface area contributed by atoms with E-state index in [1.54, 1.807) is 0 Å². The summed E-state index contributed by atoms with van der Waals surface area (Å²) in [5.74, 6) is -4.10. The van der Waals surface area contributed by atoms with E-state index in [9.17, 15) is 18.0 Å². The van der Waals surface area contributed by atoms with Crippen molar-refractivity contribution in [3.8, 4) is 0 Å². The highest BCUT2D eigenvalue weighted by molar-refractivity contribution is 5.92. The van der Waals surface area contributed by atoms with Gasteiger partial charge < -0.3 is 10.6 Å². The second-order valence-corrected chi connectivity index (χ2v) is 3.99. The van der Waals surface area contributed by atoms with Crippen molar-refractivity contribution in [2.75, 3.05) is 11.9 Å². The third-order valence-corrected chi connectivity index (χ3v) is 2.49. The quantitative estimate of drug-likeness (QED) is 0.798. The Bertz CT molecular complexity index is 438. The lowest BCUT2D eigenvalue weighted by Gasteiger charge is -2.11. The largest absolute Gasteiger partial charge is 0.322 e. The molecule has 0 aliphatic rings. The molecular weight excluding hydrogens is 245 g/mol. The van der Waals surface area contributed by atoms with Crippen molar-refractivity contribution >= 4 is 11.6 Å². The first-order valence-electron chi connectivity index (χ1n) is 5.61. The van der Waals surface area contributed by atoms with Crippen LogP contribution in [0.1, 0.15) is 20.3 Å². The smallest absolute Gasteiger partial charge is 0.238 e. The van der Waals surface area contributed by atoms with Crippen molar-refractivity contribution in [3.63, 3.8) is 0 Å². The predicted molar refractivity (Wildman–Crippen MR) is 62.7 cm³/mol. The zero-order valence-electron chi connectivity index (χ0n) is 10.2. The summed E-state index contributed by atoms with van der Waals surface area (Å²) in [4.78, 5) is 11.4. The Morgan fingerprint density at radius 2 is 2.00 bits per heavy atom. The molecule has 1 amide bonds. The molecule has 1 aromatic rings. The maximum atomic E-state index is 13.2. The van der Waals surface area contributed by atoms with E-state index in [-0.39, 0.29) is 12.6 Å². The van der Waals surface area contributed by atoms with Crippen LogP contribution in [0.15, 0.2) is 12.1 Å². The highest BCUT2D eigenvalue weighted by atomic mass is 19.2. The number of nitrogens with one attached hydrogen (secondary N) is 2. The van der Waals surface area contributed by atoms with Gasteiger partial charge in [-0.05, 0) is 13.3 Å². The summed E-state index contributed by atoms with van der Waals surface area (Å²) in [7, 11) is 0. The van der Waals surface area contributed by atoms with Gasteiger partial charge in [-0.15, -0.1) is 0 Å². The number of hydrogen-bond acceptors (Lipinski definition) is 2. The van der Waals surface area contributed by atoms with Crippen LogP contribution in [0.5, 0.6) is 0 Å². The number of carbonyl (C=O) groups excluding carboxylic acids is 1. The highest BCUT2D eigenvalue weighted by Gasteiger charge is 2.13. The fourth-order valence-corrected chi connectivity index (χ4v) is 1.25. The Kier molecular flexibility index (Phi) is 5.15. The molecular formula is C12H15F3N2O. The van der Waals surface area contributed by atoms with Crippen LogP contribution in [0, 0.1) is 17.5 Å². The van der Waals surface area contributed by atoms with Gasteiger partial charge in [-0.2, -0.15) is 0 Å². The minimum atomic E-state index is -1.33. The maximum absolute atomic E-state index is 13.2. The van der Waals surface area contributed by atoms with Gasteiger partial charge in [0, 0.05) is 18.2 Å². The summed E-state index contributed by atoms with van der Waals surface area (Å²) in [6.45, 7) is 3.78. The summed E-state index contributed by atoms with van der Waals surface area (Å²) >= 11 is 0. The van der Waals surface area contributed by atoms with Gasteiger partial charge in [0.15, 0.2) is 11.6 Å². The maximum Gasteiger partial charge on any atom is 0.238 e. The number of amides is 1. The third kappa shape index (κ3) is 4.03. The second kappa shape index (κ2) is 6.39. The average Bonchev–Trinajstić information content (AvgIpc) is 2.32. The van der Waals surface area contributed by atoms with Crippen LogP contribution in [0.25, 0.3) is 0 Å². The van der Waals surface area contributed by atoms with E-state index >= 15 is 0 Å². The molecule has 1 atom stereocenters. The molecule has 0 aromatic heterocycles. The van der Waals surface area contributed by atoms with E-state index in [0.717, 1.165) is 12.5 Å². The molecule has 3 nitrogen and oxygen atoms in total. The first-order valence-corrected chi connectivity index (χ1v) is 5.61. The molecule has 0 saturated carbocycles. The van der Waals surface area contributed by atoms with Gasteiger partial charge in [-0.3, -0.25) is 4.79 Å². The molecule has 2 N–H and O–H groups in total. The molecule has 0 fully saturated rings. The number of benzene rings is 1. The lowest BCUT2D eigenvalue weighted by atomic mass is 10.2. The van der Waals surface area contributed by atoms with Gasteiger partial charge in [-0.1, -0.05) is 6.92 Å². The summed E-state index contributed by atoms with van der Waals surface area (Å²) in [5.41, 5.74) is -0.497. The molecule has 1 unspecified atom stereocenters. The van der Waals surface area contributed by atoms with E-state index < -0.39 is 29.0 Å². The Labute approximate surface area is 103 Å². The molecule has 0 heterocycles. The molecule has 0 radical (unpaired) electrons. The molecule has 100 valence electrons. The summed E-state index contributed by atoms with van der Waals surface area (Å²) in [5, 5.41) is 4.99. The lowest BCUT2D eigenvalue weighted by Crippen LogP contribution is -2.34. The van der Waals surface area contributed by atoms with Crippen molar-refractivity contribution in [1.82, 2.24) is 5.32 Å².